The largest absolute Gasteiger partial charge is 0.304 e. The van der Waals surface area contributed by atoms with Crippen LogP contribution in [0.3, 0.4) is 0 Å². The maximum Gasteiger partial charge on any atom is 0.0539 e. The maximum atomic E-state index is 4.42. The second kappa shape index (κ2) is 9.09. The fourth-order valence-corrected chi connectivity index (χ4v) is 3.02. The monoisotopic (exact) mass is 277 g/mol. The third-order valence-corrected chi connectivity index (χ3v) is 4.43. The van der Waals surface area contributed by atoms with Crippen LogP contribution in [-0.4, -0.2) is 55.3 Å². The van der Waals surface area contributed by atoms with E-state index in [2.05, 4.69) is 42.4 Å². The van der Waals surface area contributed by atoms with Crippen LogP contribution in [0.5, 0.6) is 0 Å². The summed E-state index contributed by atoms with van der Waals surface area (Å²) in [5.74, 6) is 0. The molecule has 1 fully saturated rings. The molecule has 0 aromatic heterocycles. The van der Waals surface area contributed by atoms with Crippen molar-refractivity contribution in [2.24, 2.45) is 4.99 Å². The Hall–Kier alpha value is -0.930. The molecule has 0 aromatic carbocycles. The van der Waals surface area contributed by atoms with Gasteiger partial charge in [-0.05, 0) is 59.3 Å². The van der Waals surface area contributed by atoms with Crippen molar-refractivity contribution >= 4 is 6.21 Å². The van der Waals surface area contributed by atoms with Crippen molar-refractivity contribution < 1.29 is 0 Å². The molecule has 0 heterocycles. The van der Waals surface area contributed by atoms with E-state index in [-0.39, 0.29) is 0 Å². The van der Waals surface area contributed by atoms with Gasteiger partial charge in [0.2, 0.25) is 0 Å². The van der Waals surface area contributed by atoms with Gasteiger partial charge in [-0.3, -0.25) is 9.89 Å². The van der Waals surface area contributed by atoms with Gasteiger partial charge in [0.25, 0.3) is 0 Å². The summed E-state index contributed by atoms with van der Waals surface area (Å²) >= 11 is 0. The topological polar surface area (TPSA) is 18.8 Å². The van der Waals surface area contributed by atoms with Crippen LogP contribution in [0.1, 0.15) is 39.5 Å². The van der Waals surface area contributed by atoms with E-state index in [9.17, 15) is 0 Å². The van der Waals surface area contributed by atoms with Crippen LogP contribution in [0.4, 0.5) is 0 Å². The summed E-state index contributed by atoms with van der Waals surface area (Å²) in [7, 11) is 4.46. The highest BCUT2D eigenvalue weighted by molar-refractivity contribution is 5.55. The molecule has 0 atom stereocenters. The Labute approximate surface area is 125 Å². The SMILES string of the molecule is C=C/C=C(CN(C)C1CCC(N(C)CC)CC1)\N=C/C. The van der Waals surface area contributed by atoms with Crippen molar-refractivity contribution in [1.29, 1.82) is 0 Å². The van der Waals surface area contributed by atoms with Crippen molar-refractivity contribution in [2.75, 3.05) is 27.2 Å². The molecule has 0 saturated heterocycles. The number of hydrogen-bond acceptors (Lipinski definition) is 3. The Morgan fingerprint density at radius 1 is 1.15 bits per heavy atom. The first-order valence-corrected chi connectivity index (χ1v) is 7.83. The van der Waals surface area contributed by atoms with Gasteiger partial charge in [-0.25, -0.2) is 0 Å². The lowest BCUT2D eigenvalue weighted by atomic mass is 9.89. The molecule has 0 bridgehead atoms. The fraction of sp³-hybridized carbons (Fsp3) is 0.706. The highest BCUT2D eigenvalue weighted by Gasteiger charge is 2.25. The van der Waals surface area contributed by atoms with Crippen molar-refractivity contribution in [3.05, 3.63) is 24.4 Å². The average Bonchev–Trinajstić information content (AvgIpc) is 2.47. The summed E-state index contributed by atoms with van der Waals surface area (Å²) in [6, 6.07) is 1.47. The van der Waals surface area contributed by atoms with Crippen LogP contribution in [-0.2, 0) is 0 Å². The quantitative estimate of drug-likeness (QED) is 0.525. The van der Waals surface area contributed by atoms with Gasteiger partial charge in [-0.15, -0.1) is 0 Å². The first kappa shape index (κ1) is 17.1. The van der Waals surface area contributed by atoms with Gasteiger partial charge in [0.05, 0.1) is 5.70 Å². The van der Waals surface area contributed by atoms with Crippen LogP contribution in [0.15, 0.2) is 29.4 Å². The Bertz CT molecular complexity index is 338. The van der Waals surface area contributed by atoms with Crippen molar-refractivity contribution in [1.82, 2.24) is 9.80 Å². The van der Waals surface area contributed by atoms with Gasteiger partial charge in [0.15, 0.2) is 0 Å². The molecule has 0 unspecified atom stereocenters. The van der Waals surface area contributed by atoms with Crippen molar-refractivity contribution in [3.63, 3.8) is 0 Å². The third kappa shape index (κ3) is 5.22. The first-order chi connectivity index (χ1) is 9.62. The molecule has 1 aliphatic carbocycles. The molecule has 0 aromatic rings. The molecule has 0 aliphatic heterocycles. The Morgan fingerprint density at radius 3 is 2.15 bits per heavy atom. The predicted molar refractivity (Wildman–Crippen MR) is 89.4 cm³/mol. The van der Waals surface area contributed by atoms with Crippen molar-refractivity contribution in [3.8, 4) is 0 Å². The second-order valence-corrected chi connectivity index (χ2v) is 5.73. The van der Waals surface area contributed by atoms with Crippen LogP contribution in [0.25, 0.3) is 0 Å². The summed E-state index contributed by atoms with van der Waals surface area (Å²) < 4.78 is 0. The number of rotatable bonds is 7. The summed E-state index contributed by atoms with van der Waals surface area (Å²) in [5.41, 5.74) is 1.10. The molecular weight excluding hydrogens is 246 g/mol. The van der Waals surface area contributed by atoms with Gasteiger partial charge in [0.1, 0.15) is 0 Å². The average molecular weight is 277 g/mol. The lowest BCUT2D eigenvalue weighted by Crippen LogP contribution is -2.42. The molecule has 0 spiro atoms. The Morgan fingerprint density at radius 2 is 1.70 bits per heavy atom. The zero-order valence-corrected chi connectivity index (χ0v) is 13.7. The summed E-state index contributed by atoms with van der Waals surface area (Å²) in [6.07, 6.45) is 10.9. The molecule has 0 amide bonds. The number of nitrogens with zero attached hydrogens (tertiary/aromatic N) is 3. The van der Waals surface area contributed by atoms with Gasteiger partial charge < -0.3 is 4.90 Å². The summed E-state index contributed by atoms with van der Waals surface area (Å²) in [5, 5.41) is 0. The normalized spacial score (nSPS) is 24.8. The second-order valence-electron chi connectivity index (χ2n) is 5.73. The minimum atomic E-state index is 0.691. The molecule has 0 radical (unpaired) electrons. The van der Waals surface area contributed by atoms with E-state index in [1.54, 1.807) is 0 Å². The van der Waals surface area contributed by atoms with Gasteiger partial charge in [-0.1, -0.05) is 19.6 Å². The van der Waals surface area contributed by atoms with Crippen LogP contribution in [0, 0.1) is 0 Å². The molecule has 0 N–H and O–H groups in total. The molecule has 3 nitrogen and oxygen atoms in total. The molecule has 114 valence electrons. The van der Waals surface area contributed by atoms with Crippen molar-refractivity contribution in [2.45, 2.75) is 51.6 Å². The smallest absolute Gasteiger partial charge is 0.0539 e. The minimum Gasteiger partial charge on any atom is -0.304 e. The van der Waals surface area contributed by atoms with E-state index in [0.29, 0.717) is 6.04 Å². The lowest BCUT2D eigenvalue weighted by Gasteiger charge is -2.38. The standard InChI is InChI=1S/C17H31N3/c1-6-9-15(18-7-2)14-20(5)17-12-10-16(11-13-17)19(4)8-3/h6-7,9,16-17H,1,8,10-14H2,2-5H3/b15-9-,18-7-. The minimum absolute atomic E-state index is 0.691. The number of aliphatic imine (C=N–C) groups is 1. The van der Waals surface area contributed by atoms with E-state index >= 15 is 0 Å². The van der Waals surface area contributed by atoms with Gasteiger partial charge >= 0.3 is 0 Å². The number of likely N-dealkylation sites (N-methyl/N-ethyl adjacent to an activating group) is 1. The van der Waals surface area contributed by atoms with E-state index in [4.69, 9.17) is 0 Å². The fourth-order valence-electron chi connectivity index (χ4n) is 3.02. The number of allylic oxidation sites excluding steroid dienone is 2. The molecule has 1 aliphatic rings. The predicted octanol–water partition coefficient (Wildman–Crippen LogP) is 3.34. The van der Waals surface area contributed by atoms with Crippen LogP contribution >= 0.6 is 0 Å². The lowest BCUT2D eigenvalue weighted by molar-refractivity contribution is 0.133. The highest BCUT2D eigenvalue weighted by Crippen LogP contribution is 2.25. The molecule has 1 rings (SSSR count). The highest BCUT2D eigenvalue weighted by atomic mass is 15.2. The zero-order chi connectivity index (χ0) is 15.0. The molecule has 1 saturated carbocycles. The van der Waals surface area contributed by atoms with Gasteiger partial charge in [-0.2, -0.15) is 0 Å². The van der Waals surface area contributed by atoms with Gasteiger partial charge in [0, 0.05) is 24.8 Å². The first-order valence-electron chi connectivity index (χ1n) is 7.83. The van der Waals surface area contributed by atoms with E-state index in [0.717, 1.165) is 24.8 Å². The van der Waals surface area contributed by atoms with Crippen LogP contribution < -0.4 is 0 Å². The Kier molecular flexibility index (Phi) is 7.78. The third-order valence-electron chi connectivity index (χ3n) is 4.43. The maximum absolute atomic E-state index is 4.42. The number of hydrogen-bond donors (Lipinski definition) is 0. The molecule has 3 heteroatoms. The van der Waals surface area contributed by atoms with E-state index in [1.165, 1.54) is 25.7 Å². The van der Waals surface area contributed by atoms with Crippen LogP contribution in [0.2, 0.25) is 0 Å². The summed E-state index contributed by atoms with van der Waals surface area (Å²) in [6.45, 7) is 10.0. The van der Waals surface area contributed by atoms with E-state index in [1.807, 2.05) is 25.3 Å². The Balaban J connectivity index is 2.48. The molecule has 20 heavy (non-hydrogen) atoms. The summed E-state index contributed by atoms with van der Waals surface area (Å²) in [4.78, 5) is 9.36. The van der Waals surface area contributed by atoms with E-state index < -0.39 is 0 Å². The molecular formula is C17H31N3. The zero-order valence-electron chi connectivity index (χ0n) is 13.7.